The standard InChI is InChI=1S/C12H16N2O4/c1-6-10(7(2)18-14-6)11(15)13-9-4-3-8(5-9)12(16)17/h8-9H,3-5H2,1-2H3,(H,13,15)(H,16,17)/t8-,9+/m0/s1. The highest BCUT2D eigenvalue weighted by Crippen LogP contribution is 2.26. The molecule has 0 spiro atoms. The van der Waals surface area contributed by atoms with Crippen LogP contribution in [0.15, 0.2) is 4.52 Å². The van der Waals surface area contributed by atoms with Crippen LogP contribution in [0.4, 0.5) is 0 Å². The van der Waals surface area contributed by atoms with Crippen molar-refractivity contribution < 1.29 is 19.2 Å². The van der Waals surface area contributed by atoms with E-state index in [9.17, 15) is 9.59 Å². The van der Waals surface area contributed by atoms with Gasteiger partial charge in [0.05, 0.1) is 11.6 Å². The third kappa shape index (κ3) is 2.37. The van der Waals surface area contributed by atoms with Crippen molar-refractivity contribution in [2.45, 2.75) is 39.2 Å². The van der Waals surface area contributed by atoms with Crippen LogP contribution in [0.25, 0.3) is 0 Å². The van der Waals surface area contributed by atoms with Gasteiger partial charge in [-0.2, -0.15) is 0 Å². The van der Waals surface area contributed by atoms with Crippen molar-refractivity contribution >= 4 is 11.9 Å². The van der Waals surface area contributed by atoms with Crippen molar-refractivity contribution in [1.29, 1.82) is 0 Å². The van der Waals surface area contributed by atoms with Crippen molar-refractivity contribution in [3.05, 3.63) is 17.0 Å². The van der Waals surface area contributed by atoms with Crippen LogP contribution in [0.1, 0.15) is 41.1 Å². The van der Waals surface area contributed by atoms with Crippen LogP contribution >= 0.6 is 0 Å². The first kappa shape index (κ1) is 12.6. The van der Waals surface area contributed by atoms with E-state index in [2.05, 4.69) is 10.5 Å². The number of amides is 1. The van der Waals surface area contributed by atoms with Crippen LogP contribution in [0.5, 0.6) is 0 Å². The number of aliphatic carboxylic acids is 1. The highest BCUT2D eigenvalue weighted by atomic mass is 16.5. The lowest BCUT2D eigenvalue weighted by Crippen LogP contribution is -2.33. The zero-order chi connectivity index (χ0) is 13.3. The molecule has 6 nitrogen and oxygen atoms in total. The summed E-state index contributed by atoms with van der Waals surface area (Å²) in [6, 6.07) is -0.0766. The minimum atomic E-state index is -0.788. The molecule has 1 aromatic heterocycles. The number of nitrogens with one attached hydrogen (secondary N) is 1. The Labute approximate surface area is 104 Å². The number of hydrogen-bond donors (Lipinski definition) is 2. The SMILES string of the molecule is Cc1noc(C)c1C(=O)N[C@@H]1CC[C@H](C(=O)O)C1. The molecule has 1 fully saturated rings. The smallest absolute Gasteiger partial charge is 0.306 e. The van der Waals surface area contributed by atoms with E-state index >= 15 is 0 Å². The summed E-state index contributed by atoms with van der Waals surface area (Å²) in [6.45, 7) is 3.39. The number of aromatic nitrogens is 1. The van der Waals surface area contributed by atoms with Crippen molar-refractivity contribution in [2.24, 2.45) is 5.92 Å². The lowest BCUT2D eigenvalue weighted by Gasteiger charge is -2.11. The molecule has 0 bridgehead atoms. The summed E-state index contributed by atoms with van der Waals surface area (Å²) in [5, 5.41) is 15.5. The summed E-state index contributed by atoms with van der Waals surface area (Å²) in [5.74, 6) is -0.885. The average Bonchev–Trinajstić information content (AvgIpc) is 2.86. The second kappa shape index (κ2) is 4.80. The summed E-state index contributed by atoms with van der Waals surface area (Å²) >= 11 is 0. The van der Waals surface area contributed by atoms with Gasteiger partial charge in [-0.3, -0.25) is 9.59 Å². The van der Waals surface area contributed by atoms with Crippen LogP contribution in [0.2, 0.25) is 0 Å². The maximum atomic E-state index is 12.0. The van der Waals surface area contributed by atoms with Crippen LogP contribution in [-0.2, 0) is 4.79 Å². The van der Waals surface area contributed by atoms with Gasteiger partial charge in [-0.15, -0.1) is 0 Å². The van der Waals surface area contributed by atoms with Crippen molar-refractivity contribution in [2.75, 3.05) is 0 Å². The summed E-state index contributed by atoms with van der Waals surface area (Å²) in [4.78, 5) is 22.9. The second-order valence-corrected chi connectivity index (χ2v) is 4.72. The summed E-state index contributed by atoms with van der Waals surface area (Å²) in [7, 11) is 0. The van der Waals surface area contributed by atoms with Crippen LogP contribution in [0.3, 0.4) is 0 Å². The lowest BCUT2D eigenvalue weighted by molar-refractivity contribution is -0.141. The molecule has 2 atom stereocenters. The molecule has 98 valence electrons. The van der Waals surface area contributed by atoms with Crippen molar-refractivity contribution in [3.8, 4) is 0 Å². The summed E-state index contributed by atoms with van der Waals surface area (Å²) in [6.07, 6.45) is 1.80. The molecule has 18 heavy (non-hydrogen) atoms. The van der Waals surface area contributed by atoms with E-state index in [4.69, 9.17) is 9.63 Å². The van der Waals surface area contributed by atoms with Gasteiger partial charge in [0.25, 0.3) is 5.91 Å². The zero-order valence-electron chi connectivity index (χ0n) is 10.4. The van der Waals surface area contributed by atoms with Gasteiger partial charge in [0, 0.05) is 6.04 Å². The van der Waals surface area contributed by atoms with Crippen LogP contribution in [0, 0.1) is 19.8 Å². The molecule has 6 heteroatoms. The predicted octanol–water partition coefficient (Wildman–Crippen LogP) is 1.27. The number of carbonyl (C=O) groups excluding carboxylic acids is 1. The first-order chi connectivity index (χ1) is 8.49. The molecule has 1 aromatic rings. The van der Waals surface area contributed by atoms with E-state index in [1.54, 1.807) is 13.8 Å². The summed E-state index contributed by atoms with van der Waals surface area (Å²) < 4.78 is 4.94. The number of hydrogen-bond acceptors (Lipinski definition) is 4. The van der Waals surface area contributed by atoms with E-state index in [0.29, 0.717) is 36.3 Å². The molecular weight excluding hydrogens is 236 g/mol. The molecule has 1 saturated carbocycles. The Kier molecular flexibility index (Phi) is 3.36. The summed E-state index contributed by atoms with van der Waals surface area (Å²) in [5.41, 5.74) is 1.01. The number of carbonyl (C=O) groups is 2. The number of carboxylic acids is 1. The number of carboxylic acid groups (broad SMARTS) is 1. The Bertz CT molecular complexity index is 461. The van der Waals surface area contributed by atoms with E-state index in [1.165, 1.54) is 0 Å². The van der Waals surface area contributed by atoms with E-state index in [0.717, 1.165) is 0 Å². The van der Waals surface area contributed by atoms with E-state index < -0.39 is 5.97 Å². The molecule has 0 saturated heterocycles. The monoisotopic (exact) mass is 252 g/mol. The average molecular weight is 252 g/mol. The predicted molar refractivity (Wildman–Crippen MR) is 62.2 cm³/mol. The molecule has 0 aromatic carbocycles. The molecule has 1 heterocycles. The molecule has 2 rings (SSSR count). The molecule has 0 radical (unpaired) electrons. The third-order valence-corrected chi connectivity index (χ3v) is 3.38. The van der Waals surface area contributed by atoms with Gasteiger partial charge in [0.15, 0.2) is 0 Å². The molecule has 2 N–H and O–H groups in total. The largest absolute Gasteiger partial charge is 0.481 e. The quantitative estimate of drug-likeness (QED) is 0.845. The fraction of sp³-hybridized carbons (Fsp3) is 0.583. The first-order valence-electron chi connectivity index (χ1n) is 5.95. The minimum Gasteiger partial charge on any atom is -0.481 e. The Balaban J connectivity index is 1.99. The second-order valence-electron chi connectivity index (χ2n) is 4.72. The highest BCUT2D eigenvalue weighted by molar-refractivity contribution is 5.96. The maximum absolute atomic E-state index is 12.0. The first-order valence-corrected chi connectivity index (χ1v) is 5.95. The van der Waals surface area contributed by atoms with Crippen molar-refractivity contribution in [3.63, 3.8) is 0 Å². The number of nitrogens with zero attached hydrogens (tertiary/aromatic N) is 1. The van der Waals surface area contributed by atoms with E-state index in [1.807, 2.05) is 0 Å². The van der Waals surface area contributed by atoms with Gasteiger partial charge < -0.3 is 14.9 Å². The topological polar surface area (TPSA) is 92.4 Å². The van der Waals surface area contributed by atoms with Gasteiger partial charge in [0.2, 0.25) is 0 Å². The fourth-order valence-corrected chi connectivity index (χ4v) is 2.40. The van der Waals surface area contributed by atoms with Crippen LogP contribution < -0.4 is 5.32 Å². The Morgan fingerprint density at radius 3 is 2.61 bits per heavy atom. The normalized spacial score (nSPS) is 23.0. The fourth-order valence-electron chi connectivity index (χ4n) is 2.40. The van der Waals surface area contributed by atoms with Crippen LogP contribution in [-0.4, -0.2) is 28.2 Å². The molecular formula is C12H16N2O4. The van der Waals surface area contributed by atoms with Gasteiger partial charge in [-0.25, -0.2) is 0 Å². The lowest BCUT2D eigenvalue weighted by atomic mass is 10.1. The Morgan fingerprint density at radius 1 is 1.39 bits per heavy atom. The molecule has 1 aliphatic rings. The molecule has 1 aliphatic carbocycles. The van der Waals surface area contributed by atoms with Gasteiger partial charge in [-0.05, 0) is 33.1 Å². The Morgan fingerprint density at radius 2 is 2.11 bits per heavy atom. The highest BCUT2D eigenvalue weighted by Gasteiger charge is 2.31. The molecule has 1 amide bonds. The number of aryl methyl sites for hydroxylation is 2. The van der Waals surface area contributed by atoms with Gasteiger partial charge >= 0.3 is 5.97 Å². The number of rotatable bonds is 3. The van der Waals surface area contributed by atoms with E-state index in [-0.39, 0.29) is 17.9 Å². The minimum absolute atomic E-state index is 0.0766. The molecule has 0 unspecified atom stereocenters. The Hall–Kier alpha value is -1.85. The third-order valence-electron chi connectivity index (χ3n) is 3.38. The van der Waals surface area contributed by atoms with Gasteiger partial charge in [0.1, 0.15) is 11.3 Å². The zero-order valence-corrected chi connectivity index (χ0v) is 10.4. The van der Waals surface area contributed by atoms with Gasteiger partial charge in [-0.1, -0.05) is 5.16 Å². The molecule has 0 aliphatic heterocycles. The van der Waals surface area contributed by atoms with Crippen molar-refractivity contribution in [1.82, 2.24) is 10.5 Å². The maximum Gasteiger partial charge on any atom is 0.306 e.